The predicted octanol–water partition coefficient (Wildman–Crippen LogP) is 5.88. The first kappa shape index (κ1) is 28.8. The van der Waals surface area contributed by atoms with Crippen LogP contribution in [0.15, 0.2) is 96.2 Å². The molecule has 0 aliphatic carbocycles. The molecule has 212 valence electrons. The number of aliphatic carboxylic acids is 1. The summed E-state index contributed by atoms with van der Waals surface area (Å²) < 4.78 is 27.7. The van der Waals surface area contributed by atoms with Crippen LogP contribution < -0.4 is 23.7 Å². The molecule has 0 saturated heterocycles. The zero-order valence-corrected chi connectivity index (χ0v) is 23.0. The first-order chi connectivity index (χ1) is 20.0. The van der Waals surface area contributed by atoms with Crippen molar-refractivity contribution in [2.75, 3.05) is 21.3 Å². The summed E-state index contributed by atoms with van der Waals surface area (Å²) in [5, 5.41) is 13.8. The number of hydrogen-bond acceptors (Lipinski definition) is 8. The third kappa shape index (κ3) is 8.15. The fourth-order valence-electron chi connectivity index (χ4n) is 3.76. The van der Waals surface area contributed by atoms with Gasteiger partial charge in [0.15, 0.2) is 17.2 Å². The van der Waals surface area contributed by atoms with Crippen LogP contribution in [0.1, 0.15) is 22.3 Å². The molecule has 1 N–H and O–H groups in total. The van der Waals surface area contributed by atoms with Gasteiger partial charge >= 0.3 is 5.97 Å². The molecule has 0 bridgehead atoms. The molecule has 0 heterocycles. The molecule has 41 heavy (non-hydrogen) atoms. The highest BCUT2D eigenvalue weighted by Crippen LogP contribution is 2.31. The summed E-state index contributed by atoms with van der Waals surface area (Å²) in [4.78, 5) is 17.5. The van der Waals surface area contributed by atoms with Crippen LogP contribution in [0.3, 0.4) is 0 Å². The van der Waals surface area contributed by atoms with E-state index in [0.717, 1.165) is 28.2 Å². The van der Waals surface area contributed by atoms with Crippen molar-refractivity contribution in [3.05, 3.63) is 113 Å². The van der Waals surface area contributed by atoms with Crippen molar-refractivity contribution >= 4 is 11.7 Å². The van der Waals surface area contributed by atoms with E-state index in [4.69, 9.17) is 28.5 Å². The van der Waals surface area contributed by atoms with E-state index in [-0.39, 0.29) is 25.5 Å². The molecule has 0 atom stereocenters. The first-order valence-electron chi connectivity index (χ1n) is 12.7. The average Bonchev–Trinajstić information content (AvgIpc) is 3.02. The minimum Gasteiger partial charge on any atom is -0.497 e. The van der Waals surface area contributed by atoms with Gasteiger partial charge in [0.2, 0.25) is 0 Å². The third-order valence-electron chi connectivity index (χ3n) is 6.07. The molecule has 9 nitrogen and oxygen atoms in total. The van der Waals surface area contributed by atoms with Gasteiger partial charge in [0.05, 0.1) is 21.3 Å². The quantitative estimate of drug-likeness (QED) is 0.152. The van der Waals surface area contributed by atoms with Crippen molar-refractivity contribution in [2.45, 2.75) is 19.8 Å². The van der Waals surface area contributed by atoms with Gasteiger partial charge < -0.3 is 33.6 Å². The van der Waals surface area contributed by atoms with Crippen molar-refractivity contribution in [3.63, 3.8) is 0 Å². The van der Waals surface area contributed by atoms with Gasteiger partial charge in [-0.05, 0) is 71.3 Å². The molecule has 4 rings (SSSR count). The zero-order chi connectivity index (χ0) is 29.0. The molecule has 0 unspecified atom stereocenters. The number of ether oxygens (including phenoxy) is 5. The highest BCUT2D eigenvalue weighted by atomic mass is 16.6. The van der Waals surface area contributed by atoms with E-state index in [0.29, 0.717) is 22.8 Å². The summed E-state index contributed by atoms with van der Waals surface area (Å²) in [6, 6.07) is 27.0. The van der Waals surface area contributed by atoms with E-state index in [1.165, 1.54) is 0 Å². The molecule has 0 saturated carbocycles. The Hall–Kier alpha value is -5.18. The average molecular weight is 558 g/mol. The second-order valence-corrected chi connectivity index (χ2v) is 8.80. The second kappa shape index (κ2) is 14.3. The standard InChI is InChI=1S/C32H31NO8/c1-36-26-11-4-22(5-12-26)19-39-29-17-10-25(18-30(29)40-20-23-6-13-27(37-2)14-7-23)31(32(34)35)33-41-21-24-8-15-28(38-3)16-9-24/h4-18H,19-21H2,1-3H3,(H,34,35)/b33-31-. The summed E-state index contributed by atoms with van der Waals surface area (Å²) >= 11 is 0. The maximum absolute atomic E-state index is 12.1. The van der Waals surface area contributed by atoms with Gasteiger partial charge in [-0.1, -0.05) is 41.6 Å². The molecular formula is C32H31NO8. The molecule has 0 amide bonds. The minimum atomic E-state index is -1.24. The second-order valence-electron chi connectivity index (χ2n) is 8.80. The van der Waals surface area contributed by atoms with Crippen molar-refractivity contribution in [2.24, 2.45) is 5.16 Å². The molecule has 0 radical (unpaired) electrons. The predicted molar refractivity (Wildman–Crippen MR) is 153 cm³/mol. The lowest BCUT2D eigenvalue weighted by molar-refractivity contribution is -0.129. The Morgan fingerprint density at radius 3 is 1.49 bits per heavy atom. The number of rotatable bonds is 14. The Bertz CT molecular complexity index is 1450. The van der Waals surface area contributed by atoms with Crippen LogP contribution in [0.4, 0.5) is 0 Å². The lowest BCUT2D eigenvalue weighted by atomic mass is 10.1. The summed E-state index contributed by atoms with van der Waals surface area (Å²) in [5.74, 6) is 1.75. The topological polar surface area (TPSA) is 105 Å². The normalized spacial score (nSPS) is 11.0. The van der Waals surface area contributed by atoms with Gasteiger partial charge in [0, 0.05) is 5.56 Å². The smallest absolute Gasteiger partial charge is 0.358 e. The van der Waals surface area contributed by atoms with E-state index in [9.17, 15) is 9.90 Å². The molecule has 4 aromatic rings. The van der Waals surface area contributed by atoms with Crippen LogP contribution in [0.5, 0.6) is 28.7 Å². The van der Waals surface area contributed by atoms with Gasteiger partial charge in [-0.15, -0.1) is 0 Å². The number of carbonyl (C=O) groups is 1. The number of nitrogens with zero attached hydrogens (tertiary/aromatic N) is 1. The lowest BCUT2D eigenvalue weighted by Gasteiger charge is -2.15. The molecular weight excluding hydrogens is 526 g/mol. The number of carboxylic acid groups (broad SMARTS) is 1. The first-order valence-corrected chi connectivity index (χ1v) is 12.7. The Morgan fingerprint density at radius 2 is 1.05 bits per heavy atom. The fraction of sp³-hybridized carbons (Fsp3) is 0.188. The Labute approximate surface area is 238 Å². The zero-order valence-electron chi connectivity index (χ0n) is 23.0. The summed E-state index contributed by atoms with van der Waals surface area (Å²) in [6.07, 6.45) is 0. The SMILES string of the molecule is COc1ccc(CO/N=C(\C(=O)O)c2ccc(OCc3ccc(OC)cc3)c(OCc3ccc(OC)cc3)c2)cc1. The van der Waals surface area contributed by atoms with Crippen LogP contribution in [0, 0.1) is 0 Å². The van der Waals surface area contributed by atoms with Crippen LogP contribution in [0.2, 0.25) is 0 Å². The van der Waals surface area contributed by atoms with Crippen LogP contribution in [-0.4, -0.2) is 38.1 Å². The fourth-order valence-corrected chi connectivity index (χ4v) is 3.76. The van der Waals surface area contributed by atoms with Crippen molar-refractivity contribution < 1.29 is 38.4 Å². The number of benzene rings is 4. The van der Waals surface area contributed by atoms with Gasteiger partial charge in [-0.3, -0.25) is 0 Å². The van der Waals surface area contributed by atoms with E-state index in [1.807, 2.05) is 60.7 Å². The minimum absolute atomic E-state index is 0.0880. The molecule has 4 aromatic carbocycles. The van der Waals surface area contributed by atoms with Crippen molar-refractivity contribution in [1.82, 2.24) is 0 Å². The number of oxime groups is 1. The largest absolute Gasteiger partial charge is 0.497 e. The molecule has 0 fully saturated rings. The molecule has 0 aliphatic heterocycles. The van der Waals surface area contributed by atoms with Gasteiger partial charge in [-0.2, -0.15) is 0 Å². The summed E-state index contributed by atoms with van der Waals surface area (Å²) in [5.41, 5.74) is 2.66. The van der Waals surface area contributed by atoms with Crippen molar-refractivity contribution in [3.8, 4) is 28.7 Å². The Kier molecular flexibility index (Phi) is 10.0. The van der Waals surface area contributed by atoms with Crippen LogP contribution in [0.25, 0.3) is 0 Å². The monoisotopic (exact) mass is 557 g/mol. The lowest BCUT2D eigenvalue weighted by Crippen LogP contribution is -2.15. The number of carboxylic acids is 1. The molecule has 0 spiro atoms. The number of methoxy groups -OCH3 is 3. The summed E-state index contributed by atoms with van der Waals surface area (Å²) in [7, 11) is 4.80. The molecule has 0 aliphatic rings. The van der Waals surface area contributed by atoms with Crippen LogP contribution in [-0.2, 0) is 29.5 Å². The van der Waals surface area contributed by atoms with E-state index in [1.54, 1.807) is 51.7 Å². The maximum Gasteiger partial charge on any atom is 0.358 e. The van der Waals surface area contributed by atoms with E-state index >= 15 is 0 Å². The summed E-state index contributed by atoms with van der Waals surface area (Å²) in [6.45, 7) is 0.581. The van der Waals surface area contributed by atoms with Gasteiger partial charge in [0.25, 0.3) is 0 Å². The Balaban J connectivity index is 1.54. The van der Waals surface area contributed by atoms with Gasteiger partial charge in [0.1, 0.15) is 37.1 Å². The maximum atomic E-state index is 12.1. The highest BCUT2D eigenvalue weighted by molar-refractivity contribution is 6.42. The third-order valence-corrected chi connectivity index (χ3v) is 6.07. The van der Waals surface area contributed by atoms with E-state index < -0.39 is 5.97 Å². The molecule has 9 heteroatoms. The van der Waals surface area contributed by atoms with Crippen molar-refractivity contribution in [1.29, 1.82) is 0 Å². The number of hydrogen-bond donors (Lipinski definition) is 1. The molecule has 0 aromatic heterocycles. The van der Waals surface area contributed by atoms with Gasteiger partial charge in [-0.25, -0.2) is 4.79 Å². The van der Waals surface area contributed by atoms with E-state index in [2.05, 4.69) is 5.16 Å². The Morgan fingerprint density at radius 1 is 0.610 bits per heavy atom. The highest BCUT2D eigenvalue weighted by Gasteiger charge is 2.18. The van der Waals surface area contributed by atoms with Crippen LogP contribution >= 0.6 is 0 Å².